The van der Waals surface area contributed by atoms with Crippen molar-refractivity contribution >= 4 is 33.4 Å². The van der Waals surface area contributed by atoms with Crippen LogP contribution in [0.15, 0.2) is 35.1 Å². The van der Waals surface area contributed by atoms with Crippen LogP contribution >= 0.6 is 23.1 Å². The van der Waals surface area contributed by atoms with Gasteiger partial charge in [-0.1, -0.05) is 23.1 Å². The van der Waals surface area contributed by atoms with Crippen molar-refractivity contribution < 1.29 is 14.6 Å². The first-order valence-electron chi connectivity index (χ1n) is 6.80. The van der Waals surface area contributed by atoms with E-state index in [9.17, 15) is 5.11 Å². The first-order chi connectivity index (χ1) is 11.2. The molecule has 6 nitrogen and oxygen atoms in total. The Labute approximate surface area is 141 Å². The molecule has 0 aliphatic rings. The summed E-state index contributed by atoms with van der Waals surface area (Å²) in [5.41, 5.74) is 1.47. The minimum atomic E-state index is -0.692. The van der Waals surface area contributed by atoms with Crippen molar-refractivity contribution in [1.29, 1.82) is 0 Å². The van der Waals surface area contributed by atoms with E-state index < -0.39 is 6.10 Å². The number of aromatic nitrogens is 3. The molecule has 0 fully saturated rings. The number of rotatable bonds is 6. The van der Waals surface area contributed by atoms with E-state index in [1.54, 1.807) is 38.6 Å². The van der Waals surface area contributed by atoms with Gasteiger partial charge in [-0.25, -0.2) is 15.0 Å². The fraction of sp³-hybridized carbons (Fsp3) is 0.267. The number of aliphatic hydroxyl groups is 1. The highest BCUT2D eigenvalue weighted by molar-refractivity contribution is 8.01. The fourth-order valence-electron chi connectivity index (χ4n) is 2.07. The van der Waals surface area contributed by atoms with Gasteiger partial charge in [0.05, 0.1) is 26.5 Å². The second kappa shape index (κ2) is 7.12. The molecule has 3 aromatic rings. The molecule has 0 radical (unpaired) electrons. The van der Waals surface area contributed by atoms with Crippen molar-refractivity contribution in [3.63, 3.8) is 0 Å². The van der Waals surface area contributed by atoms with Crippen molar-refractivity contribution in [3.05, 3.63) is 36.3 Å². The van der Waals surface area contributed by atoms with E-state index in [-0.39, 0.29) is 0 Å². The predicted molar refractivity (Wildman–Crippen MR) is 90.4 cm³/mol. The average molecular weight is 349 g/mol. The van der Waals surface area contributed by atoms with E-state index in [0.717, 1.165) is 14.7 Å². The van der Waals surface area contributed by atoms with Gasteiger partial charge in [-0.2, -0.15) is 0 Å². The highest BCUT2D eigenvalue weighted by atomic mass is 32.2. The van der Waals surface area contributed by atoms with E-state index in [1.165, 1.54) is 29.4 Å². The lowest BCUT2D eigenvalue weighted by Crippen LogP contribution is -2.03. The molecule has 0 aliphatic carbocycles. The molecule has 0 amide bonds. The smallest absolute Gasteiger partial charge is 0.152 e. The molecule has 2 aromatic heterocycles. The van der Waals surface area contributed by atoms with Crippen LogP contribution in [0.5, 0.6) is 11.5 Å². The fourth-order valence-corrected chi connectivity index (χ4v) is 4.00. The number of thioether (sulfide) groups is 1. The van der Waals surface area contributed by atoms with Gasteiger partial charge in [0.2, 0.25) is 0 Å². The van der Waals surface area contributed by atoms with Gasteiger partial charge in [-0.05, 0) is 18.2 Å². The Bertz CT molecular complexity index is 777. The summed E-state index contributed by atoms with van der Waals surface area (Å²) in [5, 5.41) is 10.5. The number of hydrogen-bond acceptors (Lipinski definition) is 8. The molecule has 1 N–H and O–H groups in total. The summed E-state index contributed by atoms with van der Waals surface area (Å²) >= 11 is 2.96. The number of ether oxygens (including phenoxy) is 2. The molecule has 23 heavy (non-hydrogen) atoms. The SMILES string of the molecule is COc1ccc(OC)c(C(O)CSc2nc3cncnc3s2)c1. The summed E-state index contributed by atoms with van der Waals surface area (Å²) in [5.74, 6) is 1.77. The lowest BCUT2D eigenvalue weighted by atomic mass is 10.1. The maximum Gasteiger partial charge on any atom is 0.152 e. The van der Waals surface area contributed by atoms with Crippen LogP contribution < -0.4 is 9.47 Å². The van der Waals surface area contributed by atoms with Gasteiger partial charge >= 0.3 is 0 Å². The van der Waals surface area contributed by atoms with Crippen molar-refractivity contribution in [2.45, 2.75) is 10.4 Å². The molecule has 0 aliphatic heterocycles. The number of fused-ring (bicyclic) bond motifs is 1. The van der Waals surface area contributed by atoms with Crippen LogP contribution in [0.2, 0.25) is 0 Å². The Kier molecular flexibility index (Phi) is 4.94. The predicted octanol–water partition coefficient (Wildman–Crippen LogP) is 2.93. The van der Waals surface area contributed by atoms with Crippen LogP contribution in [0.25, 0.3) is 10.3 Å². The summed E-state index contributed by atoms with van der Waals surface area (Å²) in [6.07, 6.45) is 2.50. The number of thiazole rings is 1. The largest absolute Gasteiger partial charge is 0.497 e. The van der Waals surface area contributed by atoms with E-state index in [2.05, 4.69) is 15.0 Å². The molecule has 1 unspecified atom stereocenters. The Morgan fingerprint density at radius 2 is 2.17 bits per heavy atom. The molecular weight excluding hydrogens is 334 g/mol. The van der Waals surface area contributed by atoms with Crippen molar-refractivity contribution in [2.75, 3.05) is 20.0 Å². The van der Waals surface area contributed by atoms with Gasteiger partial charge in [0.1, 0.15) is 28.2 Å². The highest BCUT2D eigenvalue weighted by Gasteiger charge is 2.16. The average Bonchev–Trinajstić information content (AvgIpc) is 3.02. The highest BCUT2D eigenvalue weighted by Crippen LogP contribution is 2.34. The minimum absolute atomic E-state index is 0.455. The van der Waals surface area contributed by atoms with Gasteiger partial charge in [-0.3, -0.25) is 0 Å². The monoisotopic (exact) mass is 349 g/mol. The first kappa shape index (κ1) is 16.0. The standard InChI is InChI=1S/C15H15N3O3S2/c1-20-9-3-4-13(21-2)10(5-9)12(19)7-22-15-18-11-6-16-8-17-14(11)23-15/h3-6,8,12,19H,7H2,1-2H3. The molecule has 0 bridgehead atoms. The summed E-state index contributed by atoms with van der Waals surface area (Å²) in [4.78, 5) is 13.4. The molecule has 2 heterocycles. The second-order valence-electron chi connectivity index (χ2n) is 4.63. The number of hydrogen-bond donors (Lipinski definition) is 1. The summed E-state index contributed by atoms with van der Waals surface area (Å²) < 4.78 is 11.4. The minimum Gasteiger partial charge on any atom is -0.497 e. The lowest BCUT2D eigenvalue weighted by molar-refractivity contribution is 0.198. The quantitative estimate of drug-likeness (QED) is 0.686. The topological polar surface area (TPSA) is 77.4 Å². The van der Waals surface area contributed by atoms with Crippen LogP contribution in [0.1, 0.15) is 11.7 Å². The number of benzene rings is 1. The van der Waals surface area contributed by atoms with Crippen LogP contribution in [0.4, 0.5) is 0 Å². The van der Waals surface area contributed by atoms with E-state index in [0.29, 0.717) is 22.8 Å². The summed E-state index contributed by atoms with van der Waals surface area (Å²) in [7, 11) is 3.17. The zero-order valence-corrected chi connectivity index (χ0v) is 14.2. The Balaban J connectivity index is 1.74. The molecule has 0 saturated carbocycles. The lowest BCUT2D eigenvalue weighted by Gasteiger charge is -2.15. The van der Waals surface area contributed by atoms with E-state index >= 15 is 0 Å². The van der Waals surface area contributed by atoms with Crippen LogP contribution in [-0.4, -0.2) is 40.0 Å². The number of methoxy groups -OCH3 is 2. The maximum atomic E-state index is 10.5. The molecule has 0 saturated heterocycles. The molecule has 8 heteroatoms. The molecule has 0 spiro atoms. The van der Waals surface area contributed by atoms with Crippen LogP contribution in [0, 0.1) is 0 Å². The number of aliphatic hydroxyl groups excluding tert-OH is 1. The Hall–Kier alpha value is -1.90. The second-order valence-corrected chi connectivity index (χ2v) is 6.87. The molecule has 1 atom stereocenters. The Morgan fingerprint density at radius 1 is 1.30 bits per heavy atom. The third-order valence-corrected chi connectivity index (χ3v) is 5.41. The van der Waals surface area contributed by atoms with E-state index in [1.807, 2.05) is 0 Å². The molecule has 3 rings (SSSR count). The maximum absolute atomic E-state index is 10.5. The summed E-state index contributed by atoms with van der Waals surface area (Å²) in [6.45, 7) is 0. The van der Waals surface area contributed by atoms with Crippen molar-refractivity contribution in [2.24, 2.45) is 0 Å². The zero-order chi connectivity index (χ0) is 16.2. The third-order valence-electron chi connectivity index (χ3n) is 3.21. The summed E-state index contributed by atoms with van der Waals surface area (Å²) in [6, 6.07) is 5.37. The van der Waals surface area contributed by atoms with E-state index in [4.69, 9.17) is 9.47 Å². The van der Waals surface area contributed by atoms with Crippen molar-refractivity contribution in [1.82, 2.24) is 15.0 Å². The third kappa shape index (κ3) is 3.54. The first-order valence-corrected chi connectivity index (χ1v) is 8.61. The van der Waals surface area contributed by atoms with Crippen LogP contribution in [-0.2, 0) is 0 Å². The van der Waals surface area contributed by atoms with Crippen LogP contribution in [0.3, 0.4) is 0 Å². The Morgan fingerprint density at radius 3 is 2.91 bits per heavy atom. The van der Waals surface area contributed by atoms with Crippen molar-refractivity contribution in [3.8, 4) is 11.5 Å². The van der Waals surface area contributed by atoms with Gasteiger partial charge in [0.25, 0.3) is 0 Å². The van der Waals surface area contributed by atoms with Gasteiger partial charge in [0, 0.05) is 11.3 Å². The molecule has 1 aromatic carbocycles. The normalized spacial score (nSPS) is 12.3. The molecule has 120 valence electrons. The van der Waals surface area contributed by atoms with Gasteiger partial charge < -0.3 is 14.6 Å². The van der Waals surface area contributed by atoms with Gasteiger partial charge in [0.15, 0.2) is 4.34 Å². The van der Waals surface area contributed by atoms with Gasteiger partial charge in [-0.15, -0.1) is 0 Å². The number of nitrogens with zero attached hydrogens (tertiary/aromatic N) is 3. The zero-order valence-electron chi connectivity index (χ0n) is 12.6. The molecular formula is C15H15N3O3S2.